The van der Waals surface area contributed by atoms with E-state index in [9.17, 15) is 28.7 Å². The van der Waals surface area contributed by atoms with E-state index in [1.165, 1.54) is 17.0 Å². The lowest BCUT2D eigenvalue weighted by atomic mass is 9.56. The van der Waals surface area contributed by atoms with Crippen LogP contribution in [0.1, 0.15) is 38.2 Å². The number of halogens is 3. The number of phenolic OH excluding ortho intramolecular Hbond substituents is 1. The van der Waals surface area contributed by atoms with Gasteiger partial charge in [-0.1, -0.05) is 23.8 Å². The molecule has 2 aromatic rings. The first-order valence-corrected chi connectivity index (χ1v) is 14.3. The standard InChI is InChI=1S/C30H27Cl2FN2O6/c1-3-34-25(37)18-13-12-17-20(22(18)26(34)38)14-29(31)27(39)35(16-10-8-15(33)9-11-16)28(40)30(29,32)23(17)19-6-5-7-21(24(19)36)41-4-2/h5-12,18,20,22-23,36H,3-4,13-14H2,1-2H3/t18-,20+,22-,23+,29+,30-/m0/s1. The number of amides is 4. The number of carbonyl (C=O) groups is 4. The van der Waals surface area contributed by atoms with Crippen molar-refractivity contribution < 1.29 is 33.4 Å². The first kappa shape index (κ1) is 27.7. The number of likely N-dealkylation sites (tertiary alicyclic amines) is 1. The van der Waals surface area contributed by atoms with Crippen molar-refractivity contribution in [3.05, 3.63) is 65.5 Å². The molecule has 6 atom stereocenters. The molecule has 1 N–H and O–H groups in total. The van der Waals surface area contributed by atoms with Crippen LogP contribution in [-0.4, -0.2) is 56.5 Å². The molecule has 2 saturated heterocycles. The van der Waals surface area contributed by atoms with Gasteiger partial charge in [-0.3, -0.25) is 24.1 Å². The Morgan fingerprint density at radius 3 is 2.37 bits per heavy atom. The van der Waals surface area contributed by atoms with Gasteiger partial charge in [0.2, 0.25) is 11.8 Å². The van der Waals surface area contributed by atoms with Crippen LogP contribution >= 0.6 is 23.2 Å². The Morgan fingerprint density at radius 1 is 1.00 bits per heavy atom. The van der Waals surface area contributed by atoms with Gasteiger partial charge in [0, 0.05) is 18.0 Å². The summed E-state index contributed by atoms with van der Waals surface area (Å²) in [6.45, 7) is 3.92. The van der Waals surface area contributed by atoms with E-state index in [0.29, 0.717) is 5.57 Å². The van der Waals surface area contributed by atoms with Crippen LogP contribution in [0, 0.1) is 23.6 Å². The SMILES string of the molecule is CCOc1cccc([C@H]2C3=CC[C@@H]4C(=O)N(CC)C(=O)[C@@H]4[C@@H]3C[C@@]3(Cl)C(=O)N(c4ccc(F)cc4)C(=O)[C@@]23Cl)c1O. The highest BCUT2D eigenvalue weighted by Crippen LogP contribution is 2.66. The highest BCUT2D eigenvalue weighted by atomic mass is 35.5. The quantitative estimate of drug-likeness (QED) is 0.307. The number of rotatable bonds is 5. The number of hydrogen-bond donors (Lipinski definition) is 1. The molecule has 41 heavy (non-hydrogen) atoms. The normalized spacial score (nSPS) is 32.6. The fourth-order valence-corrected chi connectivity index (χ4v) is 8.09. The molecule has 214 valence electrons. The summed E-state index contributed by atoms with van der Waals surface area (Å²) < 4.78 is 19.4. The number of hydrogen-bond acceptors (Lipinski definition) is 6. The number of para-hydroxylation sites is 1. The molecule has 1 saturated carbocycles. The molecule has 4 amide bonds. The Bertz CT molecular complexity index is 1530. The second kappa shape index (κ2) is 9.56. The van der Waals surface area contributed by atoms with Crippen LogP contribution in [0.5, 0.6) is 11.5 Å². The fourth-order valence-electron chi connectivity index (χ4n) is 7.17. The monoisotopic (exact) mass is 600 g/mol. The van der Waals surface area contributed by atoms with Crippen LogP contribution in [0.15, 0.2) is 54.1 Å². The first-order chi connectivity index (χ1) is 19.5. The minimum atomic E-state index is -2.13. The zero-order valence-electron chi connectivity index (χ0n) is 22.3. The minimum absolute atomic E-state index is 0.0843. The molecule has 0 aromatic heterocycles. The number of phenols is 1. The molecule has 11 heteroatoms. The third-order valence-corrected chi connectivity index (χ3v) is 10.4. The van der Waals surface area contributed by atoms with E-state index in [-0.39, 0.29) is 60.6 Å². The van der Waals surface area contributed by atoms with Crippen molar-refractivity contribution in [1.82, 2.24) is 4.90 Å². The number of aromatic hydroxyl groups is 1. The molecular formula is C30H27Cl2FN2O6. The zero-order valence-corrected chi connectivity index (χ0v) is 23.8. The summed E-state index contributed by atoms with van der Waals surface area (Å²) in [5.41, 5.74) is 0.847. The van der Waals surface area contributed by atoms with E-state index in [2.05, 4.69) is 0 Å². The summed E-state index contributed by atoms with van der Waals surface area (Å²) >= 11 is 14.6. The number of imide groups is 2. The maximum absolute atomic E-state index is 14.3. The topological polar surface area (TPSA) is 104 Å². The molecule has 0 spiro atoms. The third kappa shape index (κ3) is 3.57. The highest BCUT2D eigenvalue weighted by molar-refractivity contribution is 6.58. The van der Waals surface area contributed by atoms with Gasteiger partial charge in [0.1, 0.15) is 5.82 Å². The predicted molar refractivity (Wildman–Crippen MR) is 148 cm³/mol. The molecule has 2 aromatic carbocycles. The fraction of sp³-hybridized carbons (Fsp3) is 0.400. The van der Waals surface area contributed by atoms with Gasteiger partial charge in [0.15, 0.2) is 21.2 Å². The van der Waals surface area contributed by atoms with Crippen molar-refractivity contribution in [3.63, 3.8) is 0 Å². The van der Waals surface area contributed by atoms with E-state index in [4.69, 9.17) is 27.9 Å². The van der Waals surface area contributed by atoms with E-state index in [1.54, 1.807) is 38.1 Å². The second-order valence-electron chi connectivity index (χ2n) is 10.8. The summed E-state index contributed by atoms with van der Waals surface area (Å²) in [4.78, 5) is 53.0. The van der Waals surface area contributed by atoms with Gasteiger partial charge < -0.3 is 9.84 Å². The Balaban J connectivity index is 1.58. The Kier molecular flexibility index (Phi) is 6.46. The number of alkyl halides is 2. The van der Waals surface area contributed by atoms with Crippen molar-refractivity contribution in [2.75, 3.05) is 18.1 Å². The molecule has 6 rings (SSSR count). The van der Waals surface area contributed by atoms with E-state index in [1.807, 2.05) is 0 Å². The number of benzene rings is 2. The molecule has 2 aliphatic heterocycles. The molecule has 0 unspecified atom stereocenters. The van der Waals surface area contributed by atoms with Crippen molar-refractivity contribution in [2.24, 2.45) is 17.8 Å². The number of fused-ring (bicyclic) bond motifs is 4. The lowest BCUT2D eigenvalue weighted by molar-refractivity contribution is -0.140. The Morgan fingerprint density at radius 2 is 1.71 bits per heavy atom. The van der Waals surface area contributed by atoms with E-state index >= 15 is 0 Å². The van der Waals surface area contributed by atoms with Crippen LogP contribution in [-0.2, 0) is 19.2 Å². The van der Waals surface area contributed by atoms with Gasteiger partial charge in [-0.25, -0.2) is 9.29 Å². The van der Waals surface area contributed by atoms with Crippen LogP contribution in [0.25, 0.3) is 0 Å². The molecular weight excluding hydrogens is 574 g/mol. The smallest absolute Gasteiger partial charge is 0.258 e. The number of allylic oxidation sites excluding steroid dienone is 2. The van der Waals surface area contributed by atoms with Gasteiger partial charge in [-0.15, -0.1) is 23.2 Å². The lowest BCUT2D eigenvalue weighted by Crippen LogP contribution is -2.60. The molecule has 4 aliphatic rings. The molecule has 3 fully saturated rings. The number of ether oxygens (including phenoxy) is 1. The van der Waals surface area contributed by atoms with Crippen LogP contribution in [0.3, 0.4) is 0 Å². The van der Waals surface area contributed by atoms with Crippen molar-refractivity contribution in [3.8, 4) is 11.5 Å². The number of anilines is 1. The summed E-state index contributed by atoms with van der Waals surface area (Å²) in [5.74, 6) is -6.28. The van der Waals surface area contributed by atoms with E-state index < -0.39 is 51.1 Å². The third-order valence-electron chi connectivity index (χ3n) is 8.94. The van der Waals surface area contributed by atoms with Gasteiger partial charge in [0.05, 0.1) is 24.1 Å². The number of nitrogens with zero attached hydrogens (tertiary/aromatic N) is 2. The summed E-state index contributed by atoms with van der Waals surface area (Å²) in [6.07, 6.45) is 1.84. The average molecular weight is 601 g/mol. The zero-order chi connectivity index (χ0) is 29.4. The van der Waals surface area contributed by atoms with Gasteiger partial charge in [-0.2, -0.15) is 0 Å². The summed E-state index contributed by atoms with van der Waals surface area (Å²) in [6, 6.07) is 9.57. The van der Waals surface area contributed by atoms with Crippen molar-refractivity contribution >= 4 is 52.5 Å². The van der Waals surface area contributed by atoms with Gasteiger partial charge in [-0.05, 0) is 62.9 Å². The second-order valence-corrected chi connectivity index (χ2v) is 12.0. The maximum atomic E-state index is 14.3. The average Bonchev–Trinajstić information content (AvgIpc) is 3.28. The largest absolute Gasteiger partial charge is 0.504 e. The van der Waals surface area contributed by atoms with E-state index in [0.717, 1.165) is 17.0 Å². The summed E-state index contributed by atoms with van der Waals surface area (Å²) in [5, 5.41) is 11.4. The Hall–Kier alpha value is -3.43. The minimum Gasteiger partial charge on any atom is -0.504 e. The van der Waals surface area contributed by atoms with Crippen LogP contribution in [0.2, 0.25) is 0 Å². The molecule has 0 radical (unpaired) electrons. The van der Waals surface area contributed by atoms with Crippen LogP contribution < -0.4 is 9.64 Å². The number of carbonyl (C=O) groups excluding carboxylic acids is 4. The van der Waals surface area contributed by atoms with Gasteiger partial charge in [0.25, 0.3) is 11.8 Å². The molecule has 8 nitrogen and oxygen atoms in total. The highest BCUT2D eigenvalue weighted by Gasteiger charge is 2.76. The van der Waals surface area contributed by atoms with Crippen molar-refractivity contribution in [1.29, 1.82) is 0 Å². The summed E-state index contributed by atoms with van der Waals surface area (Å²) in [7, 11) is 0. The van der Waals surface area contributed by atoms with Gasteiger partial charge >= 0.3 is 0 Å². The first-order valence-electron chi connectivity index (χ1n) is 13.5. The molecule has 2 aliphatic carbocycles. The predicted octanol–water partition coefficient (Wildman–Crippen LogP) is 4.51. The van der Waals surface area contributed by atoms with Crippen molar-refractivity contribution in [2.45, 2.75) is 42.4 Å². The molecule has 0 bridgehead atoms. The Labute approximate surface area is 245 Å². The molecule has 2 heterocycles. The van der Waals surface area contributed by atoms with Crippen LogP contribution in [0.4, 0.5) is 10.1 Å². The maximum Gasteiger partial charge on any atom is 0.258 e. The lowest BCUT2D eigenvalue weighted by Gasteiger charge is -2.50.